The molecular weight excluding hydrogens is 354 g/mol. The quantitative estimate of drug-likeness (QED) is 0.813. The van der Waals surface area contributed by atoms with Crippen LogP contribution in [0.4, 0.5) is 13.6 Å². The van der Waals surface area contributed by atoms with Crippen LogP contribution in [0.25, 0.3) is 0 Å². The van der Waals surface area contributed by atoms with Gasteiger partial charge in [-0.2, -0.15) is 0 Å². The average Bonchev–Trinajstić information content (AvgIpc) is 2.92. The van der Waals surface area contributed by atoms with Crippen molar-refractivity contribution in [3.05, 3.63) is 28.4 Å². The highest BCUT2D eigenvalue weighted by Gasteiger charge is 2.25. The predicted octanol–water partition coefficient (Wildman–Crippen LogP) is 3.33. The van der Waals surface area contributed by atoms with Crippen molar-refractivity contribution in [2.45, 2.75) is 70.4 Å². The van der Waals surface area contributed by atoms with E-state index in [0.29, 0.717) is 19.6 Å². The Hall–Kier alpha value is -1.99. The summed E-state index contributed by atoms with van der Waals surface area (Å²) in [5.74, 6) is 0.240. The number of nitrogens with one attached hydrogen (secondary N) is 1. The van der Waals surface area contributed by atoms with Gasteiger partial charge in [0.2, 0.25) is 0 Å². The van der Waals surface area contributed by atoms with Gasteiger partial charge in [0, 0.05) is 31.7 Å². The number of halogens is 2. The summed E-state index contributed by atoms with van der Waals surface area (Å²) < 4.78 is 26.6. The van der Waals surface area contributed by atoms with E-state index in [1.165, 1.54) is 36.6 Å². The van der Waals surface area contributed by atoms with Crippen molar-refractivity contribution >= 4 is 6.03 Å². The van der Waals surface area contributed by atoms with Gasteiger partial charge in [-0.25, -0.2) is 18.6 Å². The third-order valence-electron chi connectivity index (χ3n) is 5.66. The minimum atomic E-state index is -2.73. The molecule has 2 heterocycles. The number of piperidine rings is 1. The highest BCUT2D eigenvalue weighted by molar-refractivity contribution is 5.74. The number of hydrogen-bond acceptors (Lipinski definition) is 3. The minimum Gasteiger partial charge on any atom is -0.335 e. The maximum absolute atomic E-state index is 12.6. The molecule has 150 valence electrons. The summed E-state index contributed by atoms with van der Waals surface area (Å²) in [4.78, 5) is 29.9. The van der Waals surface area contributed by atoms with E-state index >= 15 is 0 Å². The number of carbonyl (C=O) groups excluding carboxylic acids is 1. The summed E-state index contributed by atoms with van der Waals surface area (Å²) in [6.07, 6.45) is 7.05. The van der Waals surface area contributed by atoms with Crippen molar-refractivity contribution in [3.8, 4) is 0 Å². The SMILES string of the molecule is O=C(NC1CCCCCC1)N1CCC(Cn2cnc(C(F)F)cc2=O)CC1. The first-order valence-electron chi connectivity index (χ1n) is 9.93. The van der Waals surface area contributed by atoms with Gasteiger partial charge in [0.05, 0.1) is 6.33 Å². The van der Waals surface area contributed by atoms with E-state index in [1.54, 1.807) is 0 Å². The first-order chi connectivity index (χ1) is 13.0. The summed E-state index contributed by atoms with van der Waals surface area (Å²) in [6.45, 7) is 1.76. The normalized spacial score (nSPS) is 19.9. The molecule has 1 saturated heterocycles. The lowest BCUT2D eigenvalue weighted by Crippen LogP contribution is -2.48. The summed E-state index contributed by atoms with van der Waals surface area (Å²) in [5, 5.41) is 3.17. The molecule has 0 spiro atoms. The van der Waals surface area contributed by atoms with Gasteiger partial charge in [-0.15, -0.1) is 0 Å². The number of hydrogen-bond donors (Lipinski definition) is 1. The second-order valence-electron chi connectivity index (χ2n) is 7.67. The number of aromatic nitrogens is 2. The maximum atomic E-state index is 12.6. The van der Waals surface area contributed by atoms with Crippen molar-refractivity contribution in [1.82, 2.24) is 19.8 Å². The van der Waals surface area contributed by atoms with Crippen LogP contribution >= 0.6 is 0 Å². The van der Waals surface area contributed by atoms with Gasteiger partial charge in [0.1, 0.15) is 5.69 Å². The smallest absolute Gasteiger partial charge is 0.317 e. The molecule has 1 aromatic heterocycles. The fourth-order valence-electron chi connectivity index (χ4n) is 3.98. The van der Waals surface area contributed by atoms with Crippen molar-refractivity contribution in [1.29, 1.82) is 0 Å². The topological polar surface area (TPSA) is 67.2 Å². The largest absolute Gasteiger partial charge is 0.335 e. The molecule has 0 aromatic carbocycles. The van der Waals surface area contributed by atoms with Gasteiger partial charge in [-0.05, 0) is 31.6 Å². The van der Waals surface area contributed by atoms with E-state index in [4.69, 9.17) is 0 Å². The highest BCUT2D eigenvalue weighted by atomic mass is 19.3. The Kier molecular flexibility index (Phi) is 6.79. The van der Waals surface area contributed by atoms with E-state index in [-0.39, 0.29) is 18.0 Å². The minimum absolute atomic E-state index is 0.0143. The van der Waals surface area contributed by atoms with Crippen LogP contribution < -0.4 is 10.9 Å². The van der Waals surface area contributed by atoms with E-state index in [2.05, 4.69) is 10.3 Å². The van der Waals surface area contributed by atoms with Gasteiger partial charge in [-0.1, -0.05) is 25.7 Å². The molecule has 0 bridgehead atoms. The lowest BCUT2D eigenvalue weighted by atomic mass is 9.97. The number of urea groups is 1. The first kappa shape index (κ1) is 19.8. The zero-order valence-corrected chi connectivity index (χ0v) is 15.6. The van der Waals surface area contributed by atoms with Crippen LogP contribution in [0, 0.1) is 5.92 Å². The summed E-state index contributed by atoms with van der Waals surface area (Å²) >= 11 is 0. The Balaban J connectivity index is 1.47. The molecule has 1 N–H and O–H groups in total. The second-order valence-corrected chi connectivity index (χ2v) is 7.67. The molecule has 1 saturated carbocycles. The van der Waals surface area contributed by atoms with Crippen LogP contribution in [0.3, 0.4) is 0 Å². The molecule has 27 heavy (non-hydrogen) atoms. The summed E-state index contributed by atoms with van der Waals surface area (Å²) in [7, 11) is 0. The third-order valence-corrected chi connectivity index (χ3v) is 5.66. The van der Waals surface area contributed by atoms with Gasteiger partial charge >= 0.3 is 6.03 Å². The maximum Gasteiger partial charge on any atom is 0.317 e. The van der Waals surface area contributed by atoms with Crippen LogP contribution in [0.15, 0.2) is 17.2 Å². The van der Waals surface area contributed by atoms with Crippen LogP contribution in [-0.4, -0.2) is 39.6 Å². The van der Waals surface area contributed by atoms with Crippen molar-refractivity contribution < 1.29 is 13.6 Å². The van der Waals surface area contributed by atoms with Crippen LogP contribution in [-0.2, 0) is 6.54 Å². The van der Waals surface area contributed by atoms with Crippen LogP contribution in [0.5, 0.6) is 0 Å². The second kappa shape index (κ2) is 9.28. The van der Waals surface area contributed by atoms with E-state index in [0.717, 1.165) is 31.7 Å². The molecule has 8 heteroatoms. The standard InChI is InChI=1S/C19H28F2N4O2/c20-18(21)16-11-17(26)25(13-22-16)12-14-7-9-24(10-8-14)19(27)23-15-5-3-1-2-4-6-15/h11,13-15,18H,1-10,12H2,(H,23,27). The lowest BCUT2D eigenvalue weighted by Gasteiger charge is -2.33. The zero-order chi connectivity index (χ0) is 19.2. The Bertz CT molecular complexity index is 679. The molecule has 1 aliphatic carbocycles. The third kappa shape index (κ3) is 5.49. The molecule has 0 radical (unpaired) electrons. The number of likely N-dealkylation sites (tertiary alicyclic amines) is 1. The summed E-state index contributed by atoms with van der Waals surface area (Å²) in [6, 6.07) is 1.20. The fraction of sp³-hybridized carbons (Fsp3) is 0.737. The molecule has 2 fully saturated rings. The number of nitrogens with zero attached hydrogens (tertiary/aromatic N) is 3. The predicted molar refractivity (Wildman–Crippen MR) is 97.8 cm³/mol. The zero-order valence-electron chi connectivity index (χ0n) is 15.6. The molecule has 2 aliphatic rings. The molecular formula is C19H28F2N4O2. The van der Waals surface area contributed by atoms with Crippen molar-refractivity contribution in [2.75, 3.05) is 13.1 Å². The first-order valence-corrected chi connectivity index (χ1v) is 9.93. The molecule has 2 amide bonds. The average molecular weight is 382 g/mol. The number of alkyl halides is 2. The monoisotopic (exact) mass is 382 g/mol. The van der Waals surface area contributed by atoms with Crippen LogP contribution in [0.1, 0.15) is 63.5 Å². The molecule has 1 aliphatic heterocycles. The van der Waals surface area contributed by atoms with Crippen molar-refractivity contribution in [2.24, 2.45) is 5.92 Å². The molecule has 0 atom stereocenters. The summed E-state index contributed by atoms with van der Waals surface area (Å²) in [5.41, 5.74) is -0.935. The molecule has 1 aromatic rings. The Labute approximate surface area is 158 Å². The van der Waals surface area contributed by atoms with Gasteiger partial charge in [0.25, 0.3) is 12.0 Å². The van der Waals surface area contributed by atoms with E-state index in [9.17, 15) is 18.4 Å². The molecule has 3 rings (SSSR count). The Morgan fingerprint density at radius 1 is 1.15 bits per heavy atom. The Morgan fingerprint density at radius 3 is 2.41 bits per heavy atom. The fourth-order valence-corrected chi connectivity index (χ4v) is 3.98. The highest BCUT2D eigenvalue weighted by Crippen LogP contribution is 2.21. The van der Waals surface area contributed by atoms with E-state index < -0.39 is 17.7 Å². The van der Waals surface area contributed by atoms with Gasteiger partial charge in [0.15, 0.2) is 0 Å². The number of amides is 2. The number of carbonyl (C=O) groups is 1. The molecule has 0 unspecified atom stereocenters. The lowest BCUT2D eigenvalue weighted by molar-refractivity contribution is 0.145. The van der Waals surface area contributed by atoms with Crippen molar-refractivity contribution in [3.63, 3.8) is 0 Å². The van der Waals surface area contributed by atoms with Gasteiger partial charge < -0.3 is 10.2 Å². The number of rotatable bonds is 4. The van der Waals surface area contributed by atoms with Crippen LogP contribution in [0.2, 0.25) is 0 Å². The van der Waals surface area contributed by atoms with Gasteiger partial charge in [-0.3, -0.25) is 9.36 Å². The Morgan fingerprint density at radius 2 is 1.81 bits per heavy atom. The van der Waals surface area contributed by atoms with E-state index in [1.807, 2.05) is 4.90 Å². The molecule has 6 nitrogen and oxygen atoms in total.